The highest BCUT2D eigenvalue weighted by Gasteiger charge is 2.33. The Morgan fingerprint density at radius 1 is 1.26 bits per heavy atom. The minimum absolute atomic E-state index is 0.144. The first-order valence-corrected chi connectivity index (χ1v) is 16.3. The fourth-order valence-corrected chi connectivity index (χ4v) is 5.81. The number of nitrogen functional groups attached to an aromatic ring is 1. The minimum atomic E-state index is -1.31. The largest absolute Gasteiger partial charge is 0.383 e. The van der Waals surface area contributed by atoms with Crippen LogP contribution in [0.1, 0.15) is 38.8 Å². The molecule has 0 aliphatic carbocycles. The van der Waals surface area contributed by atoms with Gasteiger partial charge in [0.25, 0.3) is 5.91 Å². The van der Waals surface area contributed by atoms with E-state index in [1.54, 1.807) is 19.2 Å². The van der Waals surface area contributed by atoms with E-state index in [1.165, 1.54) is 11.0 Å². The number of amides is 1. The predicted octanol–water partition coefficient (Wildman–Crippen LogP) is 4.99. The summed E-state index contributed by atoms with van der Waals surface area (Å²) < 4.78 is 34.4. The van der Waals surface area contributed by atoms with Gasteiger partial charge in [-0.25, -0.2) is 14.2 Å². The summed E-state index contributed by atoms with van der Waals surface area (Å²) in [5, 5.41) is 0. The van der Waals surface area contributed by atoms with Crippen molar-refractivity contribution in [1.82, 2.24) is 14.5 Å². The van der Waals surface area contributed by atoms with Crippen LogP contribution in [-0.2, 0) is 40.8 Å². The zero-order valence-corrected chi connectivity index (χ0v) is 23.1. The second-order valence-electron chi connectivity index (χ2n) is 11.0. The number of anilines is 1. The van der Waals surface area contributed by atoms with Gasteiger partial charge in [-0.2, -0.15) is 0 Å². The molecule has 3 aromatic rings. The van der Waals surface area contributed by atoms with Gasteiger partial charge in [0.2, 0.25) is 0 Å². The molecule has 0 fully saturated rings. The number of pyridine rings is 1. The lowest BCUT2D eigenvalue weighted by Gasteiger charge is -2.33. The van der Waals surface area contributed by atoms with Gasteiger partial charge in [-0.3, -0.25) is 4.79 Å². The Balaban J connectivity index is 1.53. The second-order valence-corrected chi connectivity index (χ2v) is 16.7. The maximum absolute atomic E-state index is 15.1. The molecule has 11 heteroatoms. The van der Waals surface area contributed by atoms with Gasteiger partial charge in [0.05, 0.1) is 50.1 Å². The van der Waals surface area contributed by atoms with Crippen LogP contribution in [0.25, 0.3) is 15.9 Å². The number of aromatic nitrogens is 2. The van der Waals surface area contributed by atoms with Gasteiger partial charge in [-0.1, -0.05) is 25.7 Å². The van der Waals surface area contributed by atoms with Crippen molar-refractivity contribution in [2.24, 2.45) is 0 Å². The lowest BCUT2D eigenvalue weighted by atomic mass is 9.96. The number of hydrogen-bond donors (Lipinski definition) is 1. The summed E-state index contributed by atoms with van der Waals surface area (Å²) in [5.41, 5.74) is 10.8. The third-order valence-corrected chi connectivity index (χ3v) is 8.89. The molecule has 0 saturated carbocycles. The molecule has 4 heterocycles. The summed E-state index contributed by atoms with van der Waals surface area (Å²) in [6.45, 7) is 15.9. The number of carbonyl (C=O) groups excluding carboxylic acids is 1. The number of hydrogen-bond acceptors (Lipinski definition) is 6. The number of halogens is 1. The highest BCUT2D eigenvalue weighted by atomic mass is 28.3. The molecule has 1 amide bonds. The molecule has 1 aromatic carbocycles. The van der Waals surface area contributed by atoms with Gasteiger partial charge in [-0.05, 0) is 23.7 Å². The Kier molecular flexibility index (Phi) is 7.00. The molecule has 0 unspecified atom stereocenters. The van der Waals surface area contributed by atoms with Crippen molar-refractivity contribution in [3.05, 3.63) is 63.4 Å². The number of nitrogens with two attached hydrogens (primary N) is 1. The van der Waals surface area contributed by atoms with Crippen LogP contribution in [0.3, 0.4) is 0 Å². The van der Waals surface area contributed by atoms with Gasteiger partial charge >= 0.3 is 0 Å². The third kappa shape index (κ3) is 4.80. The van der Waals surface area contributed by atoms with Gasteiger partial charge in [0.15, 0.2) is 5.69 Å². The monoisotopic (exact) mass is 537 g/mol. The van der Waals surface area contributed by atoms with Crippen LogP contribution < -0.4 is 5.73 Å². The number of carbonyl (C=O) groups is 1. The van der Waals surface area contributed by atoms with Crippen molar-refractivity contribution >= 4 is 36.5 Å². The number of likely N-dealkylation sites (N-methyl/N-ethyl adjacent to an activating group) is 1. The second kappa shape index (κ2) is 10.1. The van der Waals surface area contributed by atoms with E-state index in [2.05, 4.69) is 29.5 Å². The molecule has 2 aliphatic rings. The molecule has 38 heavy (non-hydrogen) atoms. The lowest BCUT2D eigenvalue weighted by molar-refractivity contribution is 0.0314. The first-order chi connectivity index (χ1) is 18.1. The topological polar surface area (TPSA) is 96.2 Å². The molecule has 0 radical (unpaired) electrons. The van der Waals surface area contributed by atoms with E-state index in [4.69, 9.17) is 26.5 Å². The molecule has 0 spiro atoms. The lowest BCUT2D eigenvalue weighted by Crippen LogP contribution is -2.38. The van der Waals surface area contributed by atoms with Crippen LogP contribution >= 0.6 is 0 Å². The fourth-order valence-electron chi connectivity index (χ4n) is 5.06. The van der Waals surface area contributed by atoms with E-state index in [9.17, 15) is 4.79 Å². The summed E-state index contributed by atoms with van der Waals surface area (Å²) in [6.07, 6.45) is 0. The van der Waals surface area contributed by atoms with Crippen LogP contribution in [0.15, 0.2) is 18.2 Å². The molecular formula is C27H32FN5O4Si. The SMILES string of the molecule is [C-]#[N+]c1cc(F)c2c(c1)COC[C@H]2N(C)C(=O)c1cc2nc(N)c3c(c2n1COCC[Si](C)(C)C)COC3. The number of ether oxygens (including phenoxy) is 3. The summed E-state index contributed by atoms with van der Waals surface area (Å²) in [4.78, 5) is 23.4. The number of rotatable bonds is 7. The molecular weight excluding hydrogens is 505 g/mol. The van der Waals surface area contributed by atoms with E-state index in [0.29, 0.717) is 48.0 Å². The molecule has 5 rings (SSSR count). The van der Waals surface area contributed by atoms with E-state index in [-0.39, 0.29) is 31.5 Å². The van der Waals surface area contributed by atoms with Gasteiger partial charge in [0, 0.05) is 38.4 Å². The maximum atomic E-state index is 15.1. The van der Waals surface area contributed by atoms with Crippen molar-refractivity contribution in [2.75, 3.05) is 26.0 Å². The van der Waals surface area contributed by atoms with Crippen molar-refractivity contribution < 1.29 is 23.4 Å². The van der Waals surface area contributed by atoms with E-state index in [0.717, 1.165) is 22.7 Å². The smallest absolute Gasteiger partial charge is 0.270 e. The van der Waals surface area contributed by atoms with Crippen LogP contribution in [0.5, 0.6) is 0 Å². The summed E-state index contributed by atoms with van der Waals surface area (Å²) in [5.74, 6) is -0.444. The van der Waals surface area contributed by atoms with Crippen molar-refractivity contribution in [3.63, 3.8) is 0 Å². The van der Waals surface area contributed by atoms with Crippen LogP contribution in [-0.4, -0.2) is 48.7 Å². The quantitative estimate of drug-likeness (QED) is 0.259. The zero-order chi connectivity index (χ0) is 27.2. The average Bonchev–Trinajstić information content (AvgIpc) is 3.50. The summed E-state index contributed by atoms with van der Waals surface area (Å²) >= 11 is 0. The Hall–Kier alpha value is -3.30. The van der Waals surface area contributed by atoms with E-state index >= 15 is 4.39 Å². The molecule has 2 aliphatic heterocycles. The highest BCUT2D eigenvalue weighted by molar-refractivity contribution is 6.76. The minimum Gasteiger partial charge on any atom is -0.383 e. The molecule has 0 bridgehead atoms. The maximum Gasteiger partial charge on any atom is 0.270 e. The fraction of sp³-hybridized carbons (Fsp3) is 0.444. The Morgan fingerprint density at radius 2 is 2.03 bits per heavy atom. The molecule has 0 saturated heterocycles. The van der Waals surface area contributed by atoms with Crippen molar-refractivity contribution in [2.45, 2.75) is 58.3 Å². The van der Waals surface area contributed by atoms with Gasteiger partial charge in [-0.15, -0.1) is 0 Å². The standard InChI is InChI=1S/C27H32FN5O4Si/c1-30-17-8-16-11-36-14-23(24(16)20(28)9-17)32(2)27(34)22-10-21-25(18-12-37-13-19(18)26(29)31-21)33(22)15-35-6-7-38(3,4)5/h8-10,23H,6-7,11-15H2,2-5H3,(H2,29,31)/t23-/m1/s1. The first kappa shape index (κ1) is 26.3. The van der Waals surface area contributed by atoms with E-state index in [1.807, 2.05) is 4.57 Å². The Bertz CT molecular complexity index is 1460. The molecule has 2 N–H and O–H groups in total. The van der Waals surface area contributed by atoms with Crippen molar-refractivity contribution in [1.29, 1.82) is 0 Å². The third-order valence-electron chi connectivity index (χ3n) is 7.19. The zero-order valence-electron chi connectivity index (χ0n) is 22.1. The first-order valence-electron chi connectivity index (χ1n) is 12.6. The normalized spacial score (nSPS) is 16.8. The number of fused-ring (bicyclic) bond motifs is 4. The van der Waals surface area contributed by atoms with Crippen LogP contribution in [0.2, 0.25) is 25.7 Å². The van der Waals surface area contributed by atoms with Crippen LogP contribution in [0.4, 0.5) is 15.9 Å². The van der Waals surface area contributed by atoms with Gasteiger partial charge < -0.3 is 29.4 Å². The molecule has 200 valence electrons. The molecule has 9 nitrogen and oxygen atoms in total. The molecule has 1 atom stereocenters. The van der Waals surface area contributed by atoms with Crippen molar-refractivity contribution in [3.8, 4) is 0 Å². The molecule has 2 aromatic heterocycles. The summed E-state index contributed by atoms with van der Waals surface area (Å²) in [7, 11) is 0.331. The number of nitrogens with zero attached hydrogens (tertiary/aromatic N) is 4. The summed E-state index contributed by atoms with van der Waals surface area (Å²) in [6, 6.07) is 4.88. The Morgan fingerprint density at radius 3 is 2.76 bits per heavy atom. The average molecular weight is 538 g/mol. The number of benzene rings is 1. The predicted molar refractivity (Wildman–Crippen MR) is 144 cm³/mol. The van der Waals surface area contributed by atoms with E-state index < -0.39 is 19.9 Å². The van der Waals surface area contributed by atoms with Crippen LogP contribution in [0, 0.1) is 12.4 Å². The highest BCUT2D eigenvalue weighted by Crippen LogP contribution is 2.37. The van der Waals surface area contributed by atoms with Gasteiger partial charge in [0.1, 0.15) is 24.1 Å². The Labute approximate surface area is 222 Å².